The average molecular weight is 244 g/mol. The fourth-order valence-electron chi connectivity index (χ4n) is 2.36. The van der Waals surface area contributed by atoms with E-state index < -0.39 is 6.04 Å². The highest BCUT2D eigenvalue weighted by Crippen LogP contribution is 2.24. The molecule has 1 amide bonds. The fraction of sp³-hybridized carbons (Fsp3) is 0.917. The number of methoxy groups -OCH3 is 2. The van der Waals surface area contributed by atoms with Gasteiger partial charge in [0.2, 0.25) is 5.91 Å². The first kappa shape index (κ1) is 14.4. The van der Waals surface area contributed by atoms with Crippen molar-refractivity contribution in [3.63, 3.8) is 0 Å². The van der Waals surface area contributed by atoms with Crippen LogP contribution in [0.4, 0.5) is 0 Å². The van der Waals surface area contributed by atoms with Gasteiger partial charge in [-0.05, 0) is 25.7 Å². The summed E-state index contributed by atoms with van der Waals surface area (Å²) in [5.74, 6) is -0.0345. The highest BCUT2D eigenvalue weighted by atomic mass is 16.5. The molecule has 0 heterocycles. The van der Waals surface area contributed by atoms with Crippen LogP contribution < -0.4 is 5.73 Å². The number of hydrogen-bond donors (Lipinski definition) is 1. The van der Waals surface area contributed by atoms with Crippen LogP contribution in [0.25, 0.3) is 0 Å². The number of nitrogens with two attached hydrogens (primary N) is 1. The number of rotatable bonds is 5. The molecule has 5 heteroatoms. The first-order valence-corrected chi connectivity index (χ1v) is 6.14. The van der Waals surface area contributed by atoms with Gasteiger partial charge in [0.05, 0.1) is 12.7 Å². The van der Waals surface area contributed by atoms with Gasteiger partial charge in [-0.3, -0.25) is 4.79 Å². The minimum absolute atomic E-state index is 0.0345. The zero-order chi connectivity index (χ0) is 12.8. The molecule has 0 aromatic heterocycles. The van der Waals surface area contributed by atoms with Crippen LogP contribution in [0.5, 0.6) is 0 Å². The predicted octanol–water partition coefficient (Wildman–Crippen LogP) is 0.376. The van der Waals surface area contributed by atoms with E-state index >= 15 is 0 Å². The molecule has 1 aliphatic rings. The van der Waals surface area contributed by atoms with E-state index in [1.54, 1.807) is 19.1 Å². The molecule has 5 nitrogen and oxygen atoms in total. The van der Waals surface area contributed by atoms with E-state index in [-0.39, 0.29) is 18.6 Å². The van der Waals surface area contributed by atoms with Gasteiger partial charge in [-0.25, -0.2) is 0 Å². The number of carbonyl (C=O) groups excluding carboxylic acids is 1. The first-order chi connectivity index (χ1) is 8.10. The molecule has 0 radical (unpaired) electrons. The highest BCUT2D eigenvalue weighted by molar-refractivity contribution is 5.81. The Hall–Kier alpha value is -0.650. The molecule has 0 aromatic carbocycles. The van der Waals surface area contributed by atoms with E-state index in [0.717, 1.165) is 25.7 Å². The summed E-state index contributed by atoms with van der Waals surface area (Å²) in [5, 5.41) is 0. The second-order valence-corrected chi connectivity index (χ2v) is 4.68. The lowest BCUT2D eigenvalue weighted by Crippen LogP contribution is -2.49. The summed E-state index contributed by atoms with van der Waals surface area (Å²) in [5.41, 5.74) is 5.75. The molecule has 1 unspecified atom stereocenters. The Morgan fingerprint density at radius 2 is 1.94 bits per heavy atom. The van der Waals surface area contributed by atoms with Crippen molar-refractivity contribution in [3.8, 4) is 0 Å². The largest absolute Gasteiger partial charge is 0.383 e. The summed E-state index contributed by atoms with van der Waals surface area (Å²) in [6, 6.07) is -0.262. The van der Waals surface area contributed by atoms with Crippen LogP contribution >= 0.6 is 0 Å². The van der Waals surface area contributed by atoms with Gasteiger partial charge < -0.3 is 20.1 Å². The highest BCUT2D eigenvalue weighted by Gasteiger charge is 2.28. The molecule has 0 spiro atoms. The Kier molecular flexibility index (Phi) is 5.88. The molecule has 0 aromatic rings. The average Bonchev–Trinajstić information content (AvgIpc) is 2.37. The zero-order valence-electron chi connectivity index (χ0n) is 11.0. The normalized spacial score (nSPS) is 26.6. The number of ether oxygens (including phenoxy) is 2. The molecular weight excluding hydrogens is 220 g/mol. The molecule has 1 aliphatic carbocycles. The van der Waals surface area contributed by atoms with Crippen LogP contribution in [0.1, 0.15) is 25.7 Å². The van der Waals surface area contributed by atoms with Crippen LogP contribution in [0.2, 0.25) is 0 Å². The number of likely N-dealkylation sites (N-methyl/N-ethyl adjacent to an activating group) is 1. The molecule has 100 valence electrons. The van der Waals surface area contributed by atoms with Gasteiger partial charge in [0.25, 0.3) is 0 Å². The van der Waals surface area contributed by atoms with Gasteiger partial charge in [-0.2, -0.15) is 0 Å². The lowest BCUT2D eigenvalue weighted by atomic mass is 9.92. The number of amides is 1. The van der Waals surface area contributed by atoms with Gasteiger partial charge in [0.15, 0.2) is 0 Å². The first-order valence-electron chi connectivity index (χ1n) is 6.14. The van der Waals surface area contributed by atoms with Crippen molar-refractivity contribution in [2.75, 3.05) is 27.9 Å². The van der Waals surface area contributed by atoms with Gasteiger partial charge in [0, 0.05) is 27.3 Å². The van der Waals surface area contributed by atoms with E-state index in [2.05, 4.69) is 0 Å². The lowest BCUT2D eigenvalue weighted by molar-refractivity contribution is -0.135. The Morgan fingerprint density at radius 3 is 2.41 bits per heavy atom. The predicted molar refractivity (Wildman–Crippen MR) is 65.7 cm³/mol. The zero-order valence-corrected chi connectivity index (χ0v) is 11.0. The van der Waals surface area contributed by atoms with Gasteiger partial charge in [0.1, 0.15) is 6.04 Å². The van der Waals surface area contributed by atoms with E-state index in [1.165, 1.54) is 0 Å². The Labute approximate surface area is 103 Å². The smallest absolute Gasteiger partial charge is 0.241 e. The van der Waals surface area contributed by atoms with E-state index in [4.69, 9.17) is 15.2 Å². The quantitative estimate of drug-likeness (QED) is 0.759. The monoisotopic (exact) mass is 244 g/mol. The van der Waals surface area contributed by atoms with Crippen molar-refractivity contribution >= 4 is 5.91 Å². The minimum atomic E-state index is -0.551. The summed E-state index contributed by atoms with van der Waals surface area (Å²) >= 11 is 0. The summed E-state index contributed by atoms with van der Waals surface area (Å²) < 4.78 is 10.2. The van der Waals surface area contributed by atoms with Gasteiger partial charge in [-0.15, -0.1) is 0 Å². The second-order valence-electron chi connectivity index (χ2n) is 4.68. The molecule has 0 saturated heterocycles. The molecular formula is C12H24N2O3. The standard InChI is InChI=1S/C12H24N2O3/c1-14(12(15)11(13)8-16-2)9-4-6-10(17-3)7-5-9/h9-11H,4-8,13H2,1-3H3. The summed E-state index contributed by atoms with van der Waals surface area (Å²) in [7, 11) is 5.13. The Bertz CT molecular complexity index is 240. The summed E-state index contributed by atoms with van der Waals surface area (Å²) in [6.07, 6.45) is 4.35. The minimum Gasteiger partial charge on any atom is -0.383 e. The van der Waals surface area contributed by atoms with Crippen molar-refractivity contribution in [3.05, 3.63) is 0 Å². The van der Waals surface area contributed by atoms with Crippen molar-refractivity contribution in [2.45, 2.75) is 43.9 Å². The summed E-state index contributed by atoms with van der Waals surface area (Å²) in [6.45, 7) is 0.274. The van der Waals surface area contributed by atoms with Crippen LogP contribution in [-0.2, 0) is 14.3 Å². The maximum absolute atomic E-state index is 12.0. The molecule has 0 bridgehead atoms. The lowest BCUT2D eigenvalue weighted by Gasteiger charge is -2.35. The van der Waals surface area contributed by atoms with Crippen molar-refractivity contribution in [2.24, 2.45) is 5.73 Å². The number of nitrogens with zero attached hydrogens (tertiary/aromatic N) is 1. The van der Waals surface area contributed by atoms with E-state index in [1.807, 2.05) is 7.05 Å². The number of hydrogen-bond acceptors (Lipinski definition) is 4. The van der Waals surface area contributed by atoms with Crippen LogP contribution in [0.3, 0.4) is 0 Å². The van der Waals surface area contributed by atoms with Crippen molar-refractivity contribution in [1.82, 2.24) is 4.90 Å². The van der Waals surface area contributed by atoms with E-state index in [9.17, 15) is 4.79 Å². The van der Waals surface area contributed by atoms with Gasteiger partial charge >= 0.3 is 0 Å². The van der Waals surface area contributed by atoms with Gasteiger partial charge in [-0.1, -0.05) is 0 Å². The van der Waals surface area contributed by atoms with Crippen molar-refractivity contribution < 1.29 is 14.3 Å². The third kappa shape index (κ3) is 3.94. The molecule has 1 fully saturated rings. The SMILES string of the molecule is COCC(N)C(=O)N(C)C1CCC(OC)CC1. The van der Waals surface area contributed by atoms with Crippen LogP contribution in [-0.4, -0.2) is 56.9 Å². The molecule has 17 heavy (non-hydrogen) atoms. The van der Waals surface area contributed by atoms with E-state index in [0.29, 0.717) is 6.10 Å². The van der Waals surface area contributed by atoms with Crippen molar-refractivity contribution in [1.29, 1.82) is 0 Å². The Morgan fingerprint density at radius 1 is 1.35 bits per heavy atom. The maximum Gasteiger partial charge on any atom is 0.241 e. The molecule has 0 aliphatic heterocycles. The fourth-order valence-corrected chi connectivity index (χ4v) is 2.36. The molecule has 2 N–H and O–H groups in total. The third-order valence-electron chi connectivity index (χ3n) is 3.54. The molecule has 1 saturated carbocycles. The third-order valence-corrected chi connectivity index (χ3v) is 3.54. The topological polar surface area (TPSA) is 64.8 Å². The second kappa shape index (κ2) is 6.93. The maximum atomic E-state index is 12.0. The van der Waals surface area contributed by atoms with Crippen LogP contribution in [0.15, 0.2) is 0 Å². The number of carbonyl (C=O) groups is 1. The molecule has 1 atom stereocenters. The molecule has 1 rings (SSSR count). The van der Waals surface area contributed by atoms with Crippen LogP contribution in [0, 0.1) is 0 Å². The summed E-state index contributed by atoms with van der Waals surface area (Å²) in [4.78, 5) is 13.7. The Balaban J connectivity index is 2.42.